The van der Waals surface area contributed by atoms with Crippen molar-refractivity contribution in [2.75, 3.05) is 24.7 Å². The number of sulfone groups is 1. The Bertz CT molecular complexity index is 762. The van der Waals surface area contributed by atoms with E-state index in [1.54, 1.807) is 19.1 Å². The van der Waals surface area contributed by atoms with Crippen molar-refractivity contribution in [1.82, 2.24) is 4.90 Å². The van der Waals surface area contributed by atoms with Crippen LogP contribution in [0.25, 0.3) is 0 Å². The zero-order chi connectivity index (χ0) is 19.5. The first-order valence-electron chi connectivity index (χ1n) is 8.81. The first-order valence-corrected chi connectivity index (χ1v) is 10.6. The average molecular weight is 381 g/mol. The third-order valence-corrected chi connectivity index (χ3v) is 6.37. The van der Waals surface area contributed by atoms with Crippen molar-refractivity contribution >= 4 is 21.7 Å². The molecule has 0 aliphatic carbocycles. The molecule has 1 saturated heterocycles. The summed E-state index contributed by atoms with van der Waals surface area (Å²) in [6.07, 6.45) is 0.435. The Labute approximate surface area is 155 Å². The van der Waals surface area contributed by atoms with Crippen molar-refractivity contribution in [1.29, 1.82) is 0 Å². The highest BCUT2D eigenvalue weighted by Gasteiger charge is 2.34. The molecule has 2 rings (SSSR count). The normalized spacial score (nSPS) is 19.2. The summed E-state index contributed by atoms with van der Waals surface area (Å²) in [7, 11) is -3.08. The first kappa shape index (κ1) is 20.4. The molecule has 0 aromatic heterocycles. The van der Waals surface area contributed by atoms with Gasteiger partial charge in [0.25, 0.3) is 5.91 Å². The lowest BCUT2D eigenvalue weighted by Gasteiger charge is -2.26. The molecule has 26 heavy (non-hydrogen) atoms. The molecule has 0 spiro atoms. The Kier molecular flexibility index (Phi) is 6.11. The van der Waals surface area contributed by atoms with Crippen LogP contribution in [0, 0.1) is 0 Å². The Morgan fingerprint density at radius 2 is 1.81 bits per heavy atom. The molecule has 7 heteroatoms. The Hall–Kier alpha value is -1.89. The zero-order valence-corrected chi connectivity index (χ0v) is 16.6. The number of amides is 1. The fourth-order valence-corrected chi connectivity index (χ4v) is 4.79. The molecule has 144 valence electrons. The van der Waals surface area contributed by atoms with Gasteiger partial charge < -0.3 is 9.64 Å². The molecular formula is C19H27NO5S. The maximum atomic E-state index is 12.3. The number of hydrogen-bond acceptors (Lipinski definition) is 5. The topological polar surface area (TPSA) is 80.8 Å². The van der Waals surface area contributed by atoms with E-state index in [4.69, 9.17) is 4.74 Å². The van der Waals surface area contributed by atoms with Gasteiger partial charge in [0.1, 0.15) is 0 Å². The average Bonchev–Trinajstić information content (AvgIpc) is 2.92. The van der Waals surface area contributed by atoms with E-state index in [1.165, 1.54) is 4.90 Å². The molecule has 6 nitrogen and oxygen atoms in total. The minimum Gasteiger partial charge on any atom is -0.452 e. The van der Waals surface area contributed by atoms with Gasteiger partial charge in [-0.1, -0.05) is 32.9 Å². The van der Waals surface area contributed by atoms with Crippen molar-refractivity contribution in [2.24, 2.45) is 0 Å². The second-order valence-corrected chi connectivity index (χ2v) is 9.87. The summed E-state index contributed by atoms with van der Waals surface area (Å²) in [6.45, 7) is 8.04. The van der Waals surface area contributed by atoms with Crippen LogP contribution < -0.4 is 0 Å². The standard InChI is InChI=1S/C19H27NO5S/c1-5-20(16-10-11-26(23,24)13-16)17(21)12-25-18(22)14-6-8-15(9-7-14)19(2,3)4/h6-9,16H,5,10-13H2,1-4H3. The smallest absolute Gasteiger partial charge is 0.338 e. The minimum absolute atomic E-state index is 0.0123. The third-order valence-electron chi connectivity index (χ3n) is 4.62. The van der Waals surface area contributed by atoms with Gasteiger partial charge in [-0.3, -0.25) is 4.79 Å². The molecule has 1 heterocycles. The van der Waals surface area contributed by atoms with Crippen LogP contribution in [0.5, 0.6) is 0 Å². The van der Waals surface area contributed by atoms with Gasteiger partial charge in [-0.2, -0.15) is 0 Å². The van der Waals surface area contributed by atoms with Crippen LogP contribution in [0.1, 0.15) is 50.0 Å². The predicted molar refractivity (Wildman–Crippen MR) is 99.9 cm³/mol. The largest absolute Gasteiger partial charge is 0.452 e. The van der Waals surface area contributed by atoms with Crippen molar-refractivity contribution in [3.63, 3.8) is 0 Å². The molecule has 1 unspecified atom stereocenters. The number of carbonyl (C=O) groups excluding carboxylic acids is 2. The van der Waals surface area contributed by atoms with Crippen LogP contribution in [0.2, 0.25) is 0 Å². The highest BCUT2D eigenvalue weighted by atomic mass is 32.2. The number of nitrogens with zero attached hydrogens (tertiary/aromatic N) is 1. The molecule has 1 aromatic rings. The lowest BCUT2D eigenvalue weighted by Crippen LogP contribution is -2.43. The fourth-order valence-electron chi connectivity index (χ4n) is 3.06. The molecule has 0 radical (unpaired) electrons. The van der Waals surface area contributed by atoms with E-state index in [1.807, 2.05) is 12.1 Å². The summed E-state index contributed by atoms with van der Waals surface area (Å²) in [4.78, 5) is 26.0. The molecule has 1 aliphatic heterocycles. The molecule has 1 amide bonds. The molecule has 1 aliphatic rings. The Morgan fingerprint density at radius 3 is 2.27 bits per heavy atom. The van der Waals surface area contributed by atoms with Crippen molar-refractivity contribution in [3.05, 3.63) is 35.4 Å². The maximum Gasteiger partial charge on any atom is 0.338 e. The van der Waals surface area contributed by atoms with Crippen molar-refractivity contribution in [3.8, 4) is 0 Å². The second-order valence-electron chi connectivity index (χ2n) is 7.64. The fraction of sp³-hybridized carbons (Fsp3) is 0.579. The van der Waals surface area contributed by atoms with E-state index in [0.29, 0.717) is 18.5 Å². The van der Waals surface area contributed by atoms with Gasteiger partial charge in [-0.25, -0.2) is 13.2 Å². The molecule has 1 atom stereocenters. The summed E-state index contributed by atoms with van der Waals surface area (Å²) < 4.78 is 28.3. The molecule has 1 fully saturated rings. The third kappa shape index (κ3) is 5.06. The number of ether oxygens (including phenoxy) is 1. The second kappa shape index (κ2) is 7.78. The van der Waals surface area contributed by atoms with E-state index >= 15 is 0 Å². The van der Waals surface area contributed by atoms with E-state index in [2.05, 4.69) is 20.8 Å². The first-order chi connectivity index (χ1) is 12.0. The molecule has 0 bridgehead atoms. The minimum atomic E-state index is -3.08. The number of hydrogen-bond donors (Lipinski definition) is 0. The highest BCUT2D eigenvalue weighted by Crippen LogP contribution is 2.22. The number of rotatable bonds is 5. The molecule has 0 saturated carbocycles. The van der Waals surface area contributed by atoms with Crippen molar-refractivity contribution in [2.45, 2.75) is 45.6 Å². The molecular weight excluding hydrogens is 354 g/mol. The quantitative estimate of drug-likeness (QED) is 0.730. The van der Waals surface area contributed by atoms with E-state index in [9.17, 15) is 18.0 Å². The maximum absolute atomic E-state index is 12.3. The van der Waals surface area contributed by atoms with Gasteiger partial charge >= 0.3 is 5.97 Å². The van der Waals surface area contributed by atoms with E-state index in [0.717, 1.165) is 5.56 Å². The summed E-state index contributed by atoms with van der Waals surface area (Å²) in [5.41, 5.74) is 1.48. The predicted octanol–water partition coefficient (Wildman–Crippen LogP) is 2.18. The number of likely N-dealkylation sites (N-methyl/N-ethyl adjacent to an activating group) is 1. The van der Waals surface area contributed by atoms with Gasteiger partial charge in [0.2, 0.25) is 0 Å². The van der Waals surface area contributed by atoms with Crippen LogP contribution in [-0.2, 0) is 24.8 Å². The SMILES string of the molecule is CCN(C(=O)COC(=O)c1ccc(C(C)(C)C)cc1)C1CCS(=O)(=O)C1. The van der Waals surface area contributed by atoms with Crippen LogP contribution in [-0.4, -0.2) is 55.9 Å². The molecule has 1 aromatic carbocycles. The van der Waals surface area contributed by atoms with Gasteiger partial charge in [0, 0.05) is 12.6 Å². The Morgan fingerprint density at radius 1 is 1.19 bits per heavy atom. The summed E-state index contributed by atoms with van der Waals surface area (Å²) >= 11 is 0. The lowest BCUT2D eigenvalue weighted by molar-refractivity contribution is -0.136. The van der Waals surface area contributed by atoms with Gasteiger partial charge in [0.15, 0.2) is 16.4 Å². The van der Waals surface area contributed by atoms with Crippen LogP contribution in [0.3, 0.4) is 0 Å². The van der Waals surface area contributed by atoms with Crippen molar-refractivity contribution < 1.29 is 22.7 Å². The summed E-state index contributed by atoms with van der Waals surface area (Å²) in [6, 6.07) is 6.80. The zero-order valence-electron chi connectivity index (χ0n) is 15.8. The number of benzene rings is 1. The molecule has 0 N–H and O–H groups in total. The van der Waals surface area contributed by atoms with Gasteiger partial charge in [-0.05, 0) is 36.5 Å². The van der Waals surface area contributed by atoms with Crippen LogP contribution in [0.15, 0.2) is 24.3 Å². The van der Waals surface area contributed by atoms with E-state index in [-0.39, 0.29) is 35.5 Å². The monoisotopic (exact) mass is 381 g/mol. The van der Waals surface area contributed by atoms with Gasteiger partial charge in [-0.15, -0.1) is 0 Å². The van der Waals surface area contributed by atoms with Crippen LogP contribution >= 0.6 is 0 Å². The van der Waals surface area contributed by atoms with Gasteiger partial charge in [0.05, 0.1) is 17.1 Å². The lowest BCUT2D eigenvalue weighted by atomic mass is 9.87. The summed E-state index contributed by atoms with van der Waals surface area (Å²) in [5, 5.41) is 0. The number of carbonyl (C=O) groups is 2. The van der Waals surface area contributed by atoms with Crippen LogP contribution in [0.4, 0.5) is 0 Å². The van der Waals surface area contributed by atoms with E-state index < -0.39 is 15.8 Å². The Balaban J connectivity index is 1.94. The number of esters is 1. The highest BCUT2D eigenvalue weighted by molar-refractivity contribution is 7.91. The summed E-state index contributed by atoms with van der Waals surface area (Å²) in [5.74, 6) is -0.848.